The predicted octanol–water partition coefficient (Wildman–Crippen LogP) is 2.85. The lowest BCUT2D eigenvalue weighted by molar-refractivity contribution is -0.128. The Morgan fingerprint density at radius 3 is 2.16 bits per heavy atom. The molecule has 32 heavy (non-hydrogen) atoms. The molecule has 6 nitrogen and oxygen atoms in total. The van der Waals surface area contributed by atoms with Crippen molar-refractivity contribution >= 4 is 23.3 Å². The van der Waals surface area contributed by atoms with E-state index in [1.54, 1.807) is 17.8 Å². The Hall–Kier alpha value is -2.03. The molecule has 1 aliphatic heterocycles. The summed E-state index contributed by atoms with van der Waals surface area (Å²) in [6.07, 6.45) is -1.20. The highest BCUT2D eigenvalue weighted by molar-refractivity contribution is 7.99. The number of aliphatic hydroxyl groups excluding tert-OH is 2. The predicted molar refractivity (Wildman–Crippen MR) is 126 cm³/mol. The second-order valence-corrected chi connectivity index (χ2v) is 9.90. The molecule has 2 unspecified atom stereocenters. The summed E-state index contributed by atoms with van der Waals surface area (Å²) in [5.74, 6) is -0.399. The molecule has 0 radical (unpaired) electrons. The minimum absolute atomic E-state index is 0.196. The van der Waals surface area contributed by atoms with E-state index in [2.05, 4.69) is 0 Å². The molecule has 0 aromatic heterocycles. The normalized spacial score (nSPS) is 14.8. The van der Waals surface area contributed by atoms with Gasteiger partial charge in [-0.1, -0.05) is 36.0 Å². The molecule has 7 heteroatoms. The number of hydrogen-bond acceptors (Lipinski definition) is 7. The smallest absolute Gasteiger partial charge is 0.167 e. The minimum Gasteiger partial charge on any atom is -0.381 e. The Labute approximate surface area is 194 Å². The molecule has 172 valence electrons. The van der Waals surface area contributed by atoms with Crippen molar-refractivity contribution in [1.29, 1.82) is 0 Å². The number of rotatable bonds is 10. The third-order valence-corrected chi connectivity index (χ3v) is 6.89. The van der Waals surface area contributed by atoms with E-state index in [9.17, 15) is 19.8 Å². The molecular weight excluding hydrogens is 424 g/mol. The number of fused-ring (bicyclic) bond motifs is 2. The molecular formula is C25H32N2O4S. The Bertz CT molecular complexity index is 990. The summed E-state index contributed by atoms with van der Waals surface area (Å²) in [5, 5.41) is 21.3. The average molecular weight is 457 g/mol. The number of aliphatic hydroxyl groups is 2. The number of benzene rings is 2. The van der Waals surface area contributed by atoms with Gasteiger partial charge in [0, 0.05) is 42.1 Å². The van der Waals surface area contributed by atoms with Gasteiger partial charge in [-0.15, -0.1) is 0 Å². The van der Waals surface area contributed by atoms with Crippen LogP contribution in [0.2, 0.25) is 0 Å². The molecule has 1 heterocycles. The van der Waals surface area contributed by atoms with Gasteiger partial charge >= 0.3 is 0 Å². The summed E-state index contributed by atoms with van der Waals surface area (Å²) in [5.41, 5.74) is 3.13. The first-order valence-electron chi connectivity index (χ1n) is 10.8. The maximum atomic E-state index is 12.5. The maximum absolute atomic E-state index is 12.5. The van der Waals surface area contributed by atoms with Crippen molar-refractivity contribution in [2.75, 3.05) is 41.3 Å². The van der Waals surface area contributed by atoms with Gasteiger partial charge in [-0.05, 0) is 62.6 Å². The fourth-order valence-electron chi connectivity index (χ4n) is 3.74. The number of nitrogens with zero attached hydrogens (tertiary/aromatic N) is 2. The summed E-state index contributed by atoms with van der Waals surface area (Å²) in [4.78, 5) is 30.8. The van der Waals surface area contributed by atoms with E-state index in [4.69, 9.17) is 0 Å². The van der Waals surface area contributed by atoms with E-state index in [0.717, 1.165) is 20.9 Å². The van der Waals surface area contributed by atoms with Crippen molar-refractivity contribution in [2.45, 2.75) is 41.3 Å². The van der Waals surface area contributed by atoms with E-state index >= 15 is 0 Å². The second-order valence-electron chi connectivity index (χ2n) is 8.81. The van der Waals surface area contributed by atoms with Crippen molar-refractivity contribution in [3.8, 4) is 0 Å². The van der Waals surface area contributed by atoms with Crippen LogP contribution in [0.4, 0.5) is 0 Å². The zero-order valence-corrected chi connectivity index (χ0v) is 20.0. The van der Waals surface area contributed by atoms with Crippen molar-refractivity contribution in [3.05, 3.63) is 58.7 Å². The van der Waals surface area contributed by atoms with Crippen LogP contribution in [-0.4, -0.2) is 72.9 Å². The fraction of sp³-hybridized carbons (Fsp3) is 0.440. The topological polar surface area (TPSA) is 81.1 Å². The molecule has 3 rings (SSSR count). The third-order valence-electron chi connectivity index (χ3n) is 5.67. The van der Waals surface area contributed by atoms with Gasteiger partial charge in [0.15, 0.2) is 11.6 Å². The molecule has 2 aromatic rings. The highest BCUT2D eigenvalue weighted by Crippen LogP contribution is 2.43. The number of ketones is 2. The highest BCUT2D eigenvalue weighted by Gasteiger charge is 2.26. The summed E-state index contributed by atoms with van der Waals surface area (Å²) in [6, 6.07) is 11.3. The largest absolute Gasteiger partial charge is 0.381 e. The molecule has 1 aliphatic rings. The number of Topliss-reactive ketones (excluding diaryl/α,β-unsaturated/α-hetero) is 2. The Morgan fingerprint density at radius 1 is 0.906 bits per heavy atom. The maximum Gasteiger partial charge on any atom is 0.167 e. The van der Waals surface area contributed by atoms with Crippen molar-refractivity contribution in [2.24, 2.45) is 0 Å². The second kappa shape index (κ2) is 10.7. The molecule has 0 spiro atoms. The van der Waals surface area contributed by atoms with Crippen LogP contribution in [0.1, 0.15) is 47.3 Å². The Balaban J connectivity index is 1.82. The number of carbonyl (C=O) groups excluding carboxylic acids is 2. The molecule has 0 saturated carbocycles. The quantitative estimate of drug-likeness (QED) is 0.486. The van der Waals surface area contributed by atoms with E-state index in [1.807, 2.05) is 68.3 Å². The van der Waals surface area contributed by atoms with E-state index in [0.29, 0.717) is 30.6 Å². The minimum atomic E-state index is -1.16. The van der Waals surface area contributed by atoms with Crippen LogP contribution in [0.15, 0.2) is 46.2 Å². The van der Waals surface area contributed by atoms with Crippen LogP contribution in [0.3, 0.4) is 0 Å². The summed E-state index contributed by atoms with van der Waals surface area (Å²) in [7, 11) is 7.58. The first-order valence-corrected chi connectivity index (χ1v) is 11.6. The number of hydrogen-bond donors (Lipinski definition) is 2. The van der Waals surface area contributed by atoms with Gasteiger partial charge in [0.1, 0.15) is 12.2 Å². The van der Waals surface area contributed by atoms with Crippen LogP contribution in [0.5, 0.6) is 0 Å². The van der Waals surface area contributed by atoms with E-state index in [-0.39, 0.29) is 24.4 Å². The Kier molecular flexibility index (Phi) is 8.25. The summed E-state index contributed by atoms with van der Waals surface area (Å²) < 4.78 is 0. The zero-order chi connectivity index (χ0) is 23.4. The van der Waals surface area contributed by atoms with Gasteiger partial charge in [0.25, 0.3) is 0 Å². The van der Waals surface area contributed by atoms with Crippen LogP contribution in [0.25, 0.3) is 0 Å². The first-order chi connectivity index (χ1) is 15.2. The highest BCUT2D eigenvalue weighted by atomic mass is 32.2. The first kappa shape index (κ1) is 24.6. The average Bonchev–Trinajstić information content (AvgIpc) is 2.77. The van der Waals surface area contributed by atoms with Gasteiger partial charge < -0.3 is 20.0 Å². The van der Waals surface area contributed by atoms with Gasteiger partial charge in [-0.2, -0.15) is 0 Å². The fourth-order valence-corrected chi connectivity index (χ4v) is 4.84. The third kappa shape index (κ3) is 5.85. The molecule has 0 amide bonds. The molecule has 0 fully saturated rings. The molecule has 0 aliphatic carbocycles. The Morgan fingerprint density at radius 2 is 1.53 bits per heavy atom. The van der Waals surface area contributed by atoms with Gasteiger partial charge in [-0.25, -0.2) is 0 Å². The van der Waals surface area contributed by atoms with Gasteiger partial charge in [0.2, 0.25) is 0 Å². The summed E-state index contributed by atoms with van der Waals surface area (Å²) >= 11 is 1.58. The van der Waals surface area contributed by atoms with Crippen LogP contribution < -0.4 is 0 Å². The van der Waals surface area contributed by atoms with Gasteiger partial charge in [-0.3, -0.25) is 9.59 Å². The monoisotopic (exact) mass is 456 g/mol. The lowest BCUT2D eigenvalue weighted by Gasteiger charge is -2.24. The van der Waals surface area contributed by atoms with Crippen molar-refractivity contribution < 1.29 is 19.8 Å². The van der Waals surface area contributed by atoms with Crippen LogP contribution in [-0.2, 0) is 16.0 Å². The molecule has 0 bridgehead atoms. The molecule has 2 atom stereocenters. The van der Waals surface area contributed by atoms with Crippen molar-refractivity contribution in [3.63, 3.8) is 0 Å². The number of carbonyl (C=O) groups is 2. The molecule has 2 N–H and O–H groups in total. The molecule has 2 aromatic carbocycles. The standard InChI is InChI=1S/C25H32N2O4S/c1-26(2)12-10-20(28)24(30)16-8-9-22-17(14-16)15-19-18(6-5-7-23(19)32-22)25(31)21(29)11-13-27(3)4/h5-9,14,24-25,30-31H,10-13,15H2,1-4H3. The molecule has 0 saturated heterocycles. The zero-order valence-electron chi connectivity index (χ0n) is 19.2. The van der Waals surface area contributed by atoms with Crippen molar-refractivity contribution in [1.82, 2.24) is 9.80 Å². The van der Waals surface area contributed by atoms with E-state index < -0.39 is 12.2 Å². The lowest BCUT2D eigenvalue weighted by atomic mass is 9.92. The van der Waals surface area contributed by atoms with Crippen LogP contribution >= 0.6 is 11.8 Å². The lowest BCUT2D eigenvalue weighted by Crippen LogP contribution is -2.22. The van der Waals surface area contributed by atoms with Crippen LogP contribution in [0, 0.1) is 0 Å². The van der Waals surface area contributed by atoms with Gasteiger partial charge in [0.05, 0.1) is 0 Å². The van der Waals surface area contributed by atoms with E-state index in [1.165, 1.54) is 0 Å². The summed E-state index contributed by atoms with van der Waals surface area (Å²) in [6.45, 7) is 1.18. The SMILES string of the molecule is CN(C)CCC(=O)C(O)c1ccc2c(c1)Cc1c(cccc1C(O)C(=O)CCN(C)C)S2.